The zero-order valence-electron chi connectivity index (χ0n) is 10.6. The van der Waals surface area contributed by atoms with Crippen LogP contribution in [0.1, 0.15) is 33.6 Å². The molecule has 0 saturated carbocycles. The minimum absolute atomic E-state index is 0.0194. The monoisotopic (exact) mass is 230 g/mol. The lowest BCUT2D eigenvalue weighted by molar-refractivity contribution is -0.153. The van der Waals surface area contributed by atoms with Crippen LogP contribution in [0.25, 0.3) is 0 Å². The molecule has 0 rings (SSSR count). The van der Waals surface area contributed by atoms with E-state index in [0.29, 0.717) is 26.1 Å². The molecular formula is C12H22O4. The van der Waals surface area contributed by atoms with Gasteiger partial charge in [-0.25, -0.2) is 0 Å². The Hall–Kier alpha value is -0.900. The molecule has 0 aromatic carbocycles. The summed E-state index contributed by atoms with van der Waals surface area (Å²) in [6, 6.07) is 0. The second-order valence-electron chi connectivity index (χ2n) is 4.04. The maximum Gasteiger partial charge on any atom is 0.316 e. The summed E-state index contributed by atoms with van der Waals surface area (Å²) in [5, 5.41) is 0. The second-order valence-corrected chi connectivity index (χ2v) is 4.04. The number of esters is 1. The van der Waals surface area contributed by atoms with Gasteiger partial charge in [-0.15, -0.1) is 0 Å². The van der Waals surface area contributed by atoms with Gasteiger partial charge in [-0.1, -0.05) is 13.8 Å². The Labute approximate surface area is 97.3 Å². The third kappa shape index (κ3) is 5.26. The molecule has 0 aliphatic rings. The van der Waals surface area contributed by atoms with E-state index >= 15 is 0 Å². The quantitative estimate of drug-likeness (QED) is 0.362. The molecule has 0 aliphatic carbocycles. The average Bonchev–Trinajstić information content (AvgIpc) is 2.18. The standard InChI is InChI=1S/C12H22O4/c1-5-16-12(14)11(9(2)3)10(13)7-6-8-15-4/h9,11H,5-8H2,1-4H3. The van der Waals surface area contributed by atoms with Crippen molar-refractivity contribution in [3.05, 3.63) is 0 Å². The minimum Gasteiger partial charge on any atom is -0.465 e. The summed E-state index contributed by atoms with van der Waals surface area (Å²) in [6.07, 6.45) is 1.02. The van der Waals surface area contributed by atoms with Gasteiger partial charge in [0.15, 0.2) is 0 Å². The van der Waals surface area contributed by atoms with E-state index < -0.39 is 11.9 Å². The number of hydrogen-bond donors (Lipinski definition) is 0. The molecule has 0 aromatic heterocycles. The molecule has 0 aromatic rings. The van der Waals surface area contributed by atoms with E-state index in [4.69, 9.17) is 9.47 Å². The van der Waals surface area contributed by atoms with E-state index in [1.54, 1.807) is 14.0 Å². The summed E-state index contributed by atoms with van der Waals surface area (Å²) in [6.45, 7) is 6.31. The summed E-state index contributed by atoms with van der Waals surface area (Å²) in [5.41, 5.74) is 0. The third-order valence-corrected chi connectivity index (χ3v) is 2.33. The van der Waals surface area contributed by atoms with Crippen molar-refractivity contribution in [3.63, 3.8) is 0 Å². The maximum absolute atomic E-state index is 11.8. The molecule has 0 N–H and O–H groups in total. The summed E-state index contributed by atoms with van der Waals surface area (Å²) >= 11 is 0. The fraction of sp³-hybridized carbons (Fsp3) is 0.833. The van der Waals surface area contributed by atoms with Crippen molar-refractivity contribution in [1.29, 1.82) is 0 Å². The lowest BCUT2D eigenvalue weighted by Crippen LogP contribution is -2.30. The number of hydrogen-bond acceptors (Lipinski definition) is 4. The molecule has 1 atom stereocenters. The molecule has 94 valence electrons. The molecule has 0 saturated heterocycles. The van der Waals surface area contributed by atoms with Crippen molar-refractivity contribution >= 4 is 11.8 Å². The second kappa shape index (κ2) is 8.28. The molecule has 0 aliphatic heterocycles. The lowest BCUT2D eigenvalue weighted by Gasteiger charge is -2.17. The van der Waals surface area contributed by atoms with E-state index in [9.17, 15) is 9.59 Å². The largest absolute Gasteiger partial charge is 0.465 e. The highest BCUT2D eigenvalue weighted by molar-refractivity contribution is 5.99. The molecule has 0 heterocycles. The lowest BCUT2D eigenvalue weighted by atomic mass is 9.89. The number of Topliss-reactive ketones (excluding diaryl/α,β-unsaturated/α-hetero) is 1. The van der Waals surface area contributed by atoms with Crippen LogP contribution in [0.5, 0.6) is 0 Å². The van der Waals surface area contributed by atoms with E-state index in [1.165, 1.54) is 0 Å². The van der Waals surface area contributed by atoms with Gasteiger partial charge in [-0.05, 0) is 19.3 Å². The molecular weight excluding hydrogens is 208 g/mol. The summed E-state index contributed by atoms with van der Waals surface area (Å²) in [4.78, 5) is 23.4. The summed E-state index contributed by atoms with van der Waals surface area (Å²) in [5.74, 6) is -1.10. The molecule has 0 bridgehead atoms. The van der Waals surface area contributed by atoms with Crippen molar-refractivity contribution < 1.29 is 19.1 Å². The number of carbonyl (C=O) groups is 2. The SMILES string of the molecule is CCOC(=O)C(C(=O)CCCOC)C(C)C. The van der Waals surface area contributed by atoms with Gasteiger partial charge in [-0.3, -0.25) is 9.59 Å². The fourth-order valence-electron chi connectivity index (χ4n) is 1.55. The molecule has 4 nitrogen and oxygen atoms in total. The van der Waals surface area contributed by atoms with Crippen molar-refractivity contribution in [2.45, 2.75) is 33.6 Å². The number of ether oxygens (including phenoxy) is 2. The number of methoxy groups -OCH3 is 1. The Morgan fingerprint density at radius 1 is 1.25 bits per heavy atom. The number of rotatable bonds is 8. The Morgan fingerprint density at radius 3 is 2.31 bits per heavy atom. The summed E-state index contributed by atoms with van der Waals surface area (Å²) < 4.78 is 9.77. The van der Waals surface area contributed by atoms with Gasteiger partial charge in [-0.2, -0.15) is 0 Å². The highest BCUT2D eigenvalue weighted by atomic mass is 16.5. The molecule has 0 spiro atoms. The Morgan fingerprint density at radius 2 is 1.88 bits per heavy atom. The Balaban J connectivity index is 4.30. The smallest absolute Gasteiger partial charge is 0.316 e. The van der Waals surface area contributed by atoms with Gasteiger partial charge in [0.2, 0.25) is 0 Å². The van der Waals surface area contributed by atoms with Gasteiger partial charge in [0.05, 0.1) is 6.61 Å². The zero-order chi connectivity index (χ0) is 12.6. The molecule has 0 radical (unpaired) electrons. The minimum atomic E-state index is -0.628. The highest BCUT2D eigenvalue weighted by Crippen LogP contribution is 2.16. The van der Waals surface area contributed by atoms with Crippen LogP contribution in [-0.2, 0) is 19.1 Å². The van der Waals surface area contributed by atoms with Crippen molar-refractivity contribution in [1.82, 2.24) is 0 Å². The maximum atomic E-state index is 11.8. The molecule has 16 heavy (non-hydrogen) atoms. The van der Waals surface area contributed by atoms with E-state index in [2.05, 4.69) is 0 Å². The third-order valence-electron chi connectivity index (χ3n) is 2.33. The van der Waals surface area contributed by atoms with Gasteiger partial charge in [0, 0.05) is 20.1 Å². The van der Waals surface area contributed by atoms with E-state index in [0.717, 1.165) is 0 Å². The molecule has 0 amide bonds. The molecule has 1 unspecified atom stereocenters. The topological polar surface area (TPSA) is 52.6 Å². The van der Waals surface area contributed by atoms with Crippen LogP contribution in [0.2, 0.25) is 0 Å². The predicted octanol–water partition coefficient (Wildman–Crippen LogP) is 1.82. The van der Waals surface area contributed by atoms with E-state index in [-0.39, 0.29) is 11.7 Å². The highest BCUT2D eigenvalue weighted by Gasteiger charge is 2.30. The first-order valence-corrected chi connectivity index (χ1v) is 5.72. The average molecular weight is 230 g/mol. The van der Waals surface area contributed by atoms with Crippen molar-refractivity contribution in [2.24, 2.45) is 11.8 Å². The first-order chi connectivity index (χ1) is 7.54. The number of carbonyl (C=O) groups excluding carboxylic acids is 2. The number of ketones is 1. The van der Waals surface area contributed by atoms with Gasteiger partial charge in [0.25, 0.3) is 0 Å². The van der Waals surface area contributed by atoms with Crippen LogP contribution in [-0.4, -0.2) is 32.1 Å². The van der Waals surface area contributed by atoms with Crippen LogP contribution >= 0.6 is 0 Å². The van der Waals surface area contributed by atoms with E-state index in [1.807, 2.05) is 13.8 Å². The molecule has 4 heteroatoms. The first kappa shape index (κ1) is 15.1. The Kier molecular flexibility index (Phi) is 7.81. The Bertz CT molecular complexity index is 223. The normalized spacial score (nSPS) is 12.6. The van der Waals surface area contributed by atoms with Crippen LogP contribution in [0.4, 0.5) is 0 Å². The van der Waals surface area contributed by atoms with Gasteiger partial charge < -0.3 is 9.47 Å². The van der Waals surface area contributed by atoms with Gasteiger partial charge in [0.1, 0.15) is 11.7 Å². The first-order valence-electron chi connectivity index (χ1n) is 5.72. The molecule has 0 fully saturated rings. The van der Waals surface area contributed by atoms with Crippen LogP contribution in [0.15, 0.2) is 0 Å². The van der Waals surface area contributed by atoms with Crippen LogP contribution in [0, 0.1) is 11.8 Å². The van der Waals surface area contributed by atoms with Crippen LogP contribution < -0.4 is 0 Å². The summed E-state index contributed by atoms with van der Waals surface area (Å²) in [7, 11) is 1.59. The fourth-order valence-corrected chi connectivity index (χ4v) is 1.55. The van der Waals surface area contributed by atoms with Gasteiger partial charge >= 0.3 is 5.97 Å². The predicted molar refractivity (Wildman–Crippen MR) is 61.1 cm³/mol. The van der Waals surface area contributed by atoms with Crippen LogP contribution in [0.3, 0.4) is 0 Å². The zero-order valence-corrected chi connectivity index (χ0v) is 10.6. The van der Waals surface area contributed by atoms with Crippen molar-refractivity contribution in [2.75, 3.05) is 20.3 Å². The van der Waals surface area contributed by atoms with Crippen molar-refractivity contribution in [3.8, 4) is 0 Å².